The summed E-state index contributed by atoms with van der Waals surface area (Å²) in [4.78, 5) is 26.7. The average Bonchev–Trinajstić information content (AvgIpc) is 2.79. The van der Waals surface area contributed by atoms with Crippen LogP contribution in [0.15, 0.2) is 60.7 Å². The molecule has 0 saturated carbocycles. The van der Waals surface area contributed by atoms with E-state index >= 15 is 0 Å². The van der Waals surface area contributed by atoms with Gasteiger partial charge in [0, 0.05) is 16.9 Å². The molecule has 0 saturated heterocycles. The minimum Gasteiger partial charge on any atom is -0.507 e. The van der Waals surface area contributed by atoms with E-state index in [1.807, 2.05) is 37.3 Å². The van der Waals surface area contributed by atoms with Gasteiger partial charge in [0.2, 0.25) is 5.78 Å². The highest BCUT2D eigenvalue weighted by atomic mass is 16.3. The van der Waals surface area contributed by atoms with Gasteiger partial charge >= 0.3 is 0 Å². The van der Waals surface area contributed by atoms with Gasteiger partial charge in [0.15, 0.2) is 5.78 Å². The fourth-order valence-corrected chi connectivity index (χ4v) is 4.44. The highest BCUT2D eigenvalue weighted by Crippen LogP contribution is 2.48. The van der Waals surface area contributed by atoms with Crippen LogP contribution in [0.5, 0.6) is 23.0 Å². The van der Waals surface area contributed by atoms with Crippen molar-refractivity contribution in [3.63, 3.8) is 0 Å². The molecule has 6 heteroatoms. The molecular weight excluding hydrogens is 408 g/mol. The molecule has 0 spiro atoms. The van der Waals surface area contributed by atoms with Crippen molar-refractivity contribution >= 4 is 22.3 Å². The van der Waals surface area contributed by atoms with Gasteiger partial charge in [-0.2, -0.15) is 0 Å². The molecule has 0 amide bonds. The number of phenolic OH excluding ortho intramolecular Hbond substituents is 4. The van der Waals surface area contributed by atoms with E-state index in [0.29, 0.717) is 5.56 Å². The van der Waals surface area contributed by atoms with E-state index < -0.39 is 28.6 Å². The molecule has 0 radical (unpaired) electrons. The number of carbonyl (C=O) groups excluding carboxylic acids is 2. The zero-order chi connectivity index (χ0) is 22.7. The Kier molecular flexibility index (Phi) is 4.20. The number of ketones is 2. The molecule has 4 aromatic rings. The maximum absolute atomic E-state index is 13.4. The number of rotatable bonds is 2. The second-order valence-electron chi connectivity index (χ2n) is 7.90. The third kappa shape index (κ3) is 2.59. The van der Waals surface area contributed by atoms with E-state index in [2.05, 4.69) is 0 Å². The zero-order valence-corrected chi connectivity index (χ0v) is 17.0. The summed E-state index contributed by atoms with van der Waals surface area (Å²) in [5.74, 6) is -3.52. The molecular formula is C26H18O6. The Morgan fingerprint density at radius 2 is 1.34 bits per heavy atom. The van der Waals surface area contributed by atoms with Crippen LogP contribution >= 0.6 is 0 Å². The number of hydrogen-bond donors (Lipinski definition) is 4. The molecule has 4 N–H and O–H groups in total. The molecule has 1 atom stereocenters. The highest BCUT2D eigenvalue weighted by molar-refractivity contribution is 6.33. The van der Waals surface area contributed by atoms with Gasteiger partial charge in [-0.3, -0.25) is 9.59 Å². The van der Waals surface area contributed by atoms with Crippen LogP contribution in [0, 0.1) is 0 Å². The van der Waals surface area contributed by atoms with Crippen molar-refractivity contribution in [2.45, 2.75) is 12.8 Å². The second kappa shape index (κ2) is 6.85. The molecule has 1 unspecified atom stereocenters. The summed E-state index contributed by atoms with van der Waals surface area (Å²) in [5.41, 5.74) is 0.517. The van der Waals surface area contributed by atoms with Gasteiger partial charge in [-0.25, -0.2) is 0 Å². The molecule has 0 aliphatic heterocycles. The van der Waals surface area contributed by atoms with E-state index in [4.69, 9.17) is 0 Å². The Morgan fingerprint density at radius 3 is 2.06 bits per heavy atom. The van der Waals surface area contributed by atoms with Gasteiger partial charge in [0.1, 0.15) is 23.0 Å². The first-order chi connectivity index (χ1) is 15.3. The molecule has 0 bridgehead atoms. The summed E-state index contributed by atoms with van der Waals surface area (Å²) >= 11 is 0. The number of carbonyl (C=O) groups is 2. The van der Waals surface area contributed by atoms with E-state index in [1.165, 1.54) is 24.3 Å². The standard InChI is InChI=1S/C26H18O6/c1-12(13-6-3-2-4-7-13)14-10-16-20(18(28)11-14)26(32)22-21(24(16)30)23(29)15-8-5-9-17(27)19(15)25(22)31/h2-12,27-29,31H,1H3. The lowest BCUT2D eigenvalue weighted by Crippen LogP contribution is -2.22. The Labute approximate surface area is 182 Å². The second-order valence-corrected chi connectivity index (χ2v) is 7.90. The van der Waals surface area contributed by atoms with Gasteiger partial charge in [0.05, 0.1) is 22.1 Å². The van der Waals surface area contributed by atoms with Crippen LogP contribution < -0.4 is 0 Å². The van der Waals surface area contributed by atoms with Gasteiger partial charge in [-0.05, 0) is 29.3 Å². The number of phenols is 4. The van der Waals surface area contributed by atoms with Crippen molar-refractivity contribution in [1.82, 2.24) is 0 Å². The van der Waals surface area contributed by atoms with Crippen molar-refractivity contribution in [3.05, 3.63) is 94.0 Å². The minimum atomic E-state index is -0.802. The molecule has 4 aromatic carbocycles. The van der Waals surface area contributed by atoms with E-state index in [0.717, 1.165) is 5.56 Å². The lowest BCUT2D eigenvalue weighted by molar-refractivity contribution is 0.0972. The summed E-state index contributed by atoms with van der Waals surface area (Å²) in [7, 11) is 0. The number of benzene rings is 4. The topological polar surface area (TPSA) is 115 Å². The number of fused-ring (bicyclic) bond motifs is 3. The molecule has 1 aliphatic carbocycles. The normalized spacial score (nSPS) is 13.7. The predicted molar refractivity (Wildman–Crippen MR) is 118 cm³/mol. The van der Waals surface area contributed by atoms with Crippen LogP contribution in [0.25, 0.3) is 10.8 Å². The third-order valence-electron chi connectivity index (χ3n) is 6.12. The first kappa shape index (κ1) is 19.6. The molecule has 0 fully saturated rings. The van der Waals surface area contributed by atoms with E-state index in [9.17, 15) is 30.0 Å². The smallest absolute Gasteiger partial charge is 0.202 e. The van der Waals surface area contributed by atoms with Crippen molar-refractivity contribution in [2.75, 3.05) is 0 Å². The monoisotopic (exact) mass is 426 g/mol. The number of aromatic hydroxyl groups is 4. The van der Waals surface area contributed by atoms with Crippen LogP contribution in [-0.4, -0.2) is 32.0 Å². The summed E-state index contributed by atoms with van der Waals surface area (Å²) in [6.45, 7) is 1.92. The lowest BCUT2D eigenvalue weighted by atomic mass is 9.79. The molecule has 6 nitrogen and oxygen atoms in total. The fourth-order valence-electron chi connectivity index (χ4n) is 4.44. The molecule has 5 rings (SSSR count). The van der Waals surface area contributed by atoms with Crippen LogP contribution in [-0.2, 0) is 0 Å². The molecule has 0 aromatic heterocycles. The summed E-state index contributed by atoms with van der Waals surface area (Å²) in [6.07, 6.45) is 0. The van der Waals surface area contributed by atoms with Gasteiger partial charge in [-0.1, -0.05) is 49.4 Å². The van der Waals surface area contributed by atoms with Gasteiger partial charge < -0.3 is 20.4 Å². The predicted octanol–water partition coefficient (Wildman–Crippen LogP) is 4.59. The largest absolute Gasteiger partial charge is 0.507 e. The Morgan fingerprint density at radius 1 is 0.656 bits per heavy atom. The van der Waals surface area contributed by atoms with Crippen molar-refractivity contribution < 1.29 is 30.0 Å². The van der Waals surface area contributed by atoms with Crippen LogP contribution in [0.4, 0.5) is 0 Å². The Bertz CT molecular complexity index is 1450. The fraction of sp³-hybridized carbons (Fsp3) is 0.0769. The Hall–Kier alpha value is -4.32. The van der Waals surface area contributed by atoms with E-state index in [-0.39, 0.29) is 44.9 Å². The van der Waals surface area contributed by atoms with Gasteiger partial charge in [0.25, 0.3) is 0 Å². The molecule has 158 valence electrons. The van der Waals surface area contributed by atoms with Crippen LogP contribution in [0.2, 0.25) is 0 Å². The molecule has 1 aliphatic rings. The SMILES string of the molecule is CC(c1ccccc1)c1cc(O)c2c(c1)C(=O)c1c(c(O)c3c(O)cccc3c1O)C2=O. The zero-order valence-electron chi connectivity index (χ0n) is 17.0. The first-order valence-electron chi connectivity index (χ1n) is 10.0. The highest BCUT2D eigenvalue weighted by Gasteiger charge is 2.39. The number of hydrogen-bond acceptors (Lipinski definition) is 6. The molecule has 0 heterocycles. The minimum absolute atomic E-state index is 0.0453. The molecule has 32 heavy (non-hydrogen) atoms. The Balaban J connectivity index is 1.77. The summed E-state index contributed by atoms with van der Waals surface area (Å²) in [5, 5.41) is 42.4. The van der Waals surface area contributed by atoms with Crippen molar-refractivity contribution in [2.24, 2.45) is 0 Å². The van der Waals surface area contributed by atoms with Gasteiger partial charge in [-0.15, -0.1) is 0 Å². The van der Waals surface area contributed by atoms with Crippen LogP contribution in [0.1, 0.15) is 55.8 Å². The maximum atomic E-state index is 13.4. The van der Waals surface area contributed by atoms with E-state index in [1.54, 1.807) is 6.07 Å². The summed E-state index contributed by atoms with van der Waals surface area (Å²) in [6, 6.07) is 16.7. The first-order valence-corrected chi connectivity index (χ1v) is 10.0. The van der Waals surface area contributed by atoms with Crippen molar-refractivity contribution in [1.29, 1.82) is 0 Å². The maximum Gasteiger partial charge on any atom is 0.202 e. The van der Waals surface area contributed by atoms with Crippen molar-refractivity contribution in [3.8, 4) is 23.0 Å². The average molecular weight is 426 g/mol. The quantitative estimate of drug-likeness (QED) is 0.307. The summed E-state index contributed by atoms with van der Waals surface area (Å²) < 4.78 is 0. The van der Waals surface area contributed by atoms with Crippen LogP contribution in [0.3, 0.4) is 0 Å². The lowest BCUT2D eigenvalue weighted by Gasteiger charge is -2.23. The third-order valence-corrected chi connectivity index (χ3v) is 6.12.